The molecule has 0 aliphatic carbocycles. The van der Waals surface area contributed by atoms with Crippen molar-refractivity contribution in [2.24, 2.45) is 11.7 Å². The maximum Gasteiger partial charge on any atom is 0.255 e. The van der Waals surface area contributed by atoms with Crippen LogP contribution >= 0.6 is 11.6 Å². The second-order valence-electron chi connectivity index (χ2n) is 4.89. The molecule has 0 saturated carbocycles. The largest absolute Gasteiger partial charge is 0.336 e. The minimum Gasteiger partial charge on any atom is -0.336 e. The van der Waals surface area contributed by atoms with Crippen molar-refractivity contribution >= 4 is 17.5 Å². The number of nitrogens with zero attached hydrogens (tertiary/aromatic N) is 1. The van der Waals surface area contributed by atoms with Crippen LogP contribution in [-0.2, 0) is 0 Å². The van der Waals surface area contributed by atoms with Crippen LogP contribution in [0.3, 0.4) is 0 Å². The summed E-state index contributed by atoms with van der Waals surface area (Å²) in [7, 11) is 0. The van der Waals surface area contributed by atoms with E-state index in [1.165, 1.54) is 0 Å². The highest BCUT2D eigenvalue weighted by molar-refractivity contribution is 6.33. The fourth-order valence-electron chi connectivity index (χ4n) is 2.44. The predicted octanol–water partition coefficient (Wildman–Crippen LogP) is 2.43. The Balaban J connectivity index is 2.27. The van der Waals surface area contributed by atoms with Crippen molar-refractivity contribution in [3.05, 3.63) is 34.4 Å². The third-order valence-electron chi connectivity index (χ3n) is 3.50. The molecule has 3 nitrogen and oxygen atoms in total. The molecular formula is C13H15ClF2N2O. The van der Waals surface area contributed by atoms with E-state index >= 15 is 0 Å². The lowest BCUT2D eigenvalue weighted by atomic mass is 10.1. The summed E-state index contributed by atoms with van der Waals surface area (Å²) in [5.41, 5.74) is 5.59. The standard InChI is InChI=1S/C13H15ClF2N2O/c1-7-2-8(5-17)6-18(7)13(19)9-3-11(15)12(16)4-10(9)14/h3-4,7-8H,2,5-6,17H2,1H3. The number of benzene rings is 1. The van der Waals surface area contributed by atoms with Crippen molar-refractivity contribution in [3.8, 4) is 0 Å². The number of likely N-dealkylation sites (tertiary alicyclic amines) is 1. The number of amides is 1. The van der Waals surface area contributed by atoms with Gasteiger partial charge in [0, 0.05) is 12.6 Å². The summed E-state index contributed by atoms with van der Waals surface area (Å²) in [5, 5.41) is -0.0766. The summed E-state index contributed by atoms with van der Waals surface area (Å²) in [5.74, 6) is -2.28. The molecule has 2 rings (SSSR count). The van der Waals surface area contributed by atoms with Gasteiger partial charge in [-0.2, -0.15) is 0 Å². The molecule has 1 heterocycles. The summed E-state index contributed by atoms with van der Waals surface area (Å²) < 4.78 is 26.2. The van der Waals surface area contributed by atoms with Gasteiger partial charge in [0.1, 0.15) is 0 Å². The lowest BCUT2D eigenvalue weighted by molar-refractivity contribution is 0.0743. The van der Waals surface area contributed by atoms with Crippen LogP contribution in [0.25, 0.3) is 0 Å². The summed E-state index contributed by atoms with van der Waals surface area (Å²) >= 11 is 5.81. The molecule has 1 aliphatic heterocycles. The summed E-state index contributed by atoms with van der Waals surface area (Å²) in [6.45, 7) is 2.92. The number of carbonyl (C=O) groups excluding carboxylic acids is 1. The molecule has 6 heteroatoms. The van der Waals surface area contributed by atoms with Gasteiger partial charge in [0.25, 0.3) is 5.91 Å². The molecule has 1 aromatic carbocycles. The second-order valence-corrected chi connectivity index (χ2v) is 5.30. The van der Waals surface area contributed by atoms with Crippen LogP contribution in [0.1, 0.15) is 23.7 Å². The van der Waals surface area contributed by atoms with E-state index in [-0.39, 0.29) is 28.5 Å². The van der Waals surface area contributed by atoms with Gasteiger partial charge in [0.05, 0.1) is 10.6 Å². The molecule has 1 amide bonds. The van der Waals surface area contributed by atoms with E-state index in [1.807, 2.05) is 6.92 Å². The first kappa shape index (κ1) is 14.2. The Kier molecular flexibility index (Phi) is 4.06. The Hall–Kier alpha value is -1.20. The van der Waals surface area contributed by atoms with E-state index in [4.69, 9.17) is 17.3 Å². The highest BCUT2D eigenvalue weighted by atomic mass is 35.5. The average Bonchev–Trinajstić information content (AvgIpc) is 2.74. The zero-order valence-corrected chi connectivity index (χ0v) is 11.3. The Morgan fingerprint density at radius 3 is 2.68 bits per heavy atom. The molecule has 1 fully saturated rings. The molecule has 0 radical (unpaired) electrons. The molecule has 104 valence electrons. The van der Waals surface area contributed by atoms with E-state index < -0.39 is 11.6 Å². The summed E-state index contributed by atoms with van der Waals surface area (Å²) in [6.07, 6.45) is 0.809. The molecular weight excluding hydrogens is 274 g/mol. The van der Waals surface area contributed by atoms with Crippen molar-refractivity contribution in [3.63, 3.8) is 0 Å². The smallest absolute Gasteiger partial charge is 0.255 e. The van der Waals surface area contributed by atoms with Crippen LogP contribution in [0.4, 0.5) is 8.78 Å². The quantitative estimate of drug-likeness (QED) is 0.850. The van der Waals surface area contributed by atoms with Crippen molar-refractivity contribution in [2.45, 2.75) is 19.4 Å². The van der Waals surface area contributed by atoms with Gasteiger partial charge in [0.15, 0.2) is 11.6 Å². The topological polar surface area (TPSA) is 46.3 Å². The molecule has 19 heavy (non-hydrogen) atoms. The van der Waals surface area contributed by atoms with Gasteiger partial charge in [-0.15, -0.1) is 0 Å². The fourth-order valence-corrected chi connectivity index (χ4v) is 2.67. The van der Waals surface area contributed by atoms with E-state index in [2.05, 4.69) is 0 Å². The monoisotopic (exact) mass is 288 g/mol. The molecule has 1 aliphatic rings. The average molecular weight is 289 g/mol. The Bertz CT molecular complexity index is 510. The second kappa shape index (κ2) is 5.43. The fraction of sp³-hybridized carbons (Fsp3) is 0.462. The highest BCUT2D eigenvalue weighted by Gasteiger charge is 2.33. The van der Waals surface area contributed by atoms with E-state index in [0.717, 1.165) is 18.6 Å². The number of rotatable bonds is 2. The van der Waals surface area contributed by atoms with Crippen LogP contribution in [0.15, 0.2) is 12.1 Å². The van der Waals surface area contributed by atoms with Crippen molar-refractivity contribution in [1.82, 2.24) is 4.90 Å². The number of carbonyl (C=O) groups is 1. The Labute approximate surface area is 115 Å². The molecule has 0 spiro atoms. The van der Waals surface area contributed by atoms with Gasteiger partial charge in [-0.1, -0.05) is 11.6 Å². The maximum absolute atomic E-state index is 13.2. The van der Waals surface area contributed by atoms with Crippen LogP contribution in [0, 0.1) is 17.6 Å². The minimum atomic E-state index is -1.07. The van der Waals surface area contributed by atoms with Crippen LogP contribution in [-0.4, -0.2) is 29.9 Å². The van der Waals surface area contributed by atoms with Crippen molar-refractivity contribution in [1.29, 1.82) is 0 Å². The van der Waals surface area contributed by atoms with Crippen molar-refractivity contribution < 1.29 is 13.6 Å². The Morgan fingerprint density at radius 1 is 1.47 bits per heavy atom. The van der Waals surface area contributed by atoms with Gasteiger partial charge in [-0.05, 0) is 37.9 Å². The molecule has 0 bridgehead atoms. The molecule has 2 atom stereocenters. The first-order valence-electron chi connectivity index (χ1n) is 6.09. The molecule has 2 N–H and O–H groups in total. The molecule has 1 saturated heterocycles. The van der Waals surface area contributed by atoms with Gasteiger partial charge >= 0.3 is 0 Å². The third kappa shape index (κ3) is 2.72. The zero-order chi connectivity index (χ0) is 14.2. The van der Waals surface area contributed by atoms with Gasteiger partial charge in [-0.3, -0.25) is 4.79 Å². The van der Waals surface area contributed by atoms with E-state index in [1.54, 1.807) is 4.90 Å². The normalized spacial score (nSPS) is 22.9. The van der Waals surface area contributed by atoms with Gasteiger partial charge < -0.3 is 10.6 Å². The first-order chi connectivity index (χ1) is 8.93. The lowest BCUT2D eigenvalue weighted by Crippen LogP contribution is -2.34. The summed E-state index contributed by atoms with van der Waals surface area (Å²) in [4.78, 5) is 13.9. The highest BCUT2D eigenvalue weighted by Crippen LogP contribution is 2.27. The van der Waals surface area contributed by atoms with Crippen LogP contribution in [0.2, 0.25) is 5.02 Å². The van der Waals surface area contributed by atoms with E-state index in [9.17, 15) is 13.6 Å². The first-order valence-corrected chi connectivity index (χ1v) is 6.47. The Morgan fingerprint density at radius 2 is 2.11 bits per heavy atom. The van der Waals surface area contributed by atoms with E-state index in [0.29, 0.717) is 13.1 Å². The SMILES string of the molecule is CC1CC(CN)CN1C(=O)c1cc(F)c(F)cc1Cl. The lowest BCUT2D eigenvalue weighted by Gasteiger charge is -2.22. The number of hydrogen-bond acceptors (Lipinski definition) is 2. The predicted molar refractivity (Wildman–Crippen MR) is 69.0 cm³/mol. The van der Waals surface area contributed by atoms with Gasteiger partial charge in [0.2, 0.25) is 0 Å². The number of halogens is 3. The molecule has 2 unspecified atom stereocenters. The minimum absolute atomic E-state index is 0.00918. The maximum atomic E-state index is 13.2. The number of nitrogens with two attached hydrogens (primary N) is 1. The van der Waals surface area contributed by atoms with Crippen molar-refractivity contribution in [2.75, 3.05) is 13.1 Å². The molecule has 1 aromatic rings. The van der Waals surface area contributed by atoms with Crippen LogP contribution < -0.4 is 5.73 Å². The summed E-state index contributed by atoms with van der Waals surface area (Å²) in [6, 6.07) is 1.69. The number of hydrogen-bond donors (Lipinski definition) is 1. The van der Waals surface area contributed by atoms with Crippen LogP contribution in [0.5, 0.6) is 0 Å². The third-order valence-corrected chi connectivity index (χ3v) is 3.81. The zero-order valence-electron chi connectivity index (χ0n) is 10.5. The molecule has 0 aromatic heterocycles. The van der Waals surface area contributed by atoms with Gasteiger partial charge in [-0.25, -0.2) is 8.78 Å².